The second-order valence-electron chi connectivity index (χ2n) is 10.7. The number of ether oxygens (including phenoxy) is 2. The second-order valence-corrected chi connectivity index (χ2v) is 12.1. The molecule has 0 aromatic carbocycles. The standard InChI is InChI=1S/C40H77O10P/c1-3-5-7-9-11-13-15-17-18-20-22-24-26-28-30-32-40(44)50-38(36-49-51(45,46)48-34-37(42)33-41)35-47-39(43)31-29-27-25-23-21-19-16-14-12-10-8-6-4-2/h17-18,37-38,41-42H,3-16,19-36H2,1-2H3,(H,45,46)/t37?,38-/m1/s1/i2D3,4D2,6D2,8D2,10D2,12D2,14D2,16D2,19D2,21D2,23D2,25D2,27D2,29D2,31D2. The van der Waals surface area contributed by atoms with Crippen LogP contribution in [0.15, 0.2) is 12.2 Å². The Balaban J connectivity index is 6.82. The van der Waals surface area contributed by atoms with Gasteiger partial charge in [-0.1, -0.05) is 154 Å². The van der Waals surface area contributed by atoms with Crippen LogP contribution in [0.3, 0.4) is 0 Å². The van der Waals surface area contributed by atoms with Crippen molar-refractivity contribution in [1.29, 1.82) is 0 Å². The molecule has 2 unspecified atom stereocenters. The van der Waals surface area contributed by atoms with Gasteiger partial charge in [0.25, 0.3) is 0 Å². The number of phosphoric acid groups is 1. The fraction of sp³-hybridized carbons (Fsp3) is 0.900. The van der Waals surface area contributed by atoms with E-state index in [9.17, 15) is 24.2 Å². The number of carbonyl (C=O) groups excluding carboxylic acids is 2. The minimum Gasteiger partial charge on any atom is -0.462 e. The monoisotopic (exact) mass is 780 g/mol. The zero-order valence-corrected chi connectivity index (χ0v) is 30.1. The van der Waals surface area contributed by atoms with Gasteiger partial charge in [0.05, 0.1) is 19.8 Å². The highest BCUT2D eigenvalue weighted by molar-refractivity contribution is 7.47. The van der Waals surface area contributed by atoms with Crippen molar-refractivity contribution in [3.63, 3.8) is 0 Å². The maximum atomic E-state index is 13.4. The van der Waals surface area contributed by atoms with Crippen molar-refractivity contribution < 1.29 is 90.3 Å². The van der Waals surface area contributed by atoms with E-state index in [1.807, 2.05) is 0 Å². The molecular formula is C40H77O10P. The Labute approximate surface area is 355 Å². The number of esters is 2. The Morgan fingerprint density at radius 2 is 1.22 bits per heavy atom. The molecule has 0 amide bonds. The number of hydrogen-bond donors (Lipinski definition) is 3. The molecule has 3 N–H and O–H groups in total. The molecule has 0 aromatic heterocycles. The number of rotatable bonds is 39. The zero-order valence-electron chi connectivity index (χ0n) is 60.2. The summed E-state index contributed by atoms with van der Waals surface area (Å²) in [4.78, 5) is 36.4. The lowest BCUT2D eigenvalue weighted by Gasteiger charge is -2.20. The van der Waals surface area contributed by atoms with E-state index in [-0.39, 0.29) is 12.8 Å². The van der Waals surface area contributed by atoms with Crippen molar-refractivity contribution in [3.05, 3.63) is 12.2 Å². The van der Waals surface area contributed by atoms with E-state index in [2.05, 4.69) is 23.6 Å². The van der Waals surface area contributed by atoms with E-state index in [0.29, 0.717) is 12.8 Å². The average molecular weight is 780 g/mol. The SMILES string of the molecule is [2H]C([2H])([2H])C([2H])([2H])C([2H])([2H])C([2H])([2H])C([2H])([2H])C([2H])([2H])C([2H])([2H])C([2H])([2H])C([2H])([2H])C([2H])([2H])C([2H])([2H])C([2H])([2H])C([2H])([2H])C([2H])([2H])C([2H])([2H])C(=O)OC[C@H](COP(=O)(O)OCC(O)CO)OC(=O)CCCCCCCC=CCCCCCCCC. The molecule has 0 aliphatic carbocycles. The fourth-order valence-corrected chi connectivity index (χ4v) is 4.57. The molecular weight excluding hydrogens is 671 g/mol. The van der Waals surface area contributed by atoms with Crippen molar-refractivity contribution in [3.8, 4) is 0 Å². The average Bonchev–Trinajstić information content (AvgIpc) is 3.33. The van der Waals surface area contributed by atoms with Gasteiger partial charge in [-0.3, -0.25) is 18.6 Å². The Kier molecular flexibility index (Phi) is 13.5. The topological polar surface area (TPSA) is 149 Å². The summed E-state index contributed by atoms with van der Waals surface area (Å²) < 4.78 is 285. The van der Waals surface area contributed by atoms with Crippen molar-refractivity contribution in [2.45, 2.75) is 205 Å². The van der Waals surface area contributed by atoms with Gasteiger partial charge in [-0.2, -0.15) is 0 Å². The van der Waals surface area contributed by atoms with Gasteiger partial charge in [0, 0.05) is 55.3 Å². The largest absolute Gasteiger partial charge is 0.472 e. The normalized spacial score (nSPS) is 27.3. The summed E-state index contributed by atoms with van der Waals surface area (Å²) in [6.45, 7) is -6.67. The van der Waals surface area contributed by atoms with E-state index in [4.69, 9.17) is 61.6 Å². The molecule has 0 rings (SSSR count). The van der Waals surface area contributed by atoms with Crippen molar-refractivity contribution in [1.82, 2.24) is 0 Å². The molecule has 0 aromatic rings. The summed E-state index contributed by atoms with van der Waals surface area (Å²) >= 11 is 0. The fourth-order valence-electron chi connectivity index (χ4n) is 3.78. The number of aliphatic hydroxyl groups is 2. The molecule has 0 saturated carbocycles. The van der Waals surface area contributed by atoms with E-state index >= 15 is 0 Å². The van der Waals surface area contributed by atoms with Crippen LogP contribution in [-0.2, 0) is 32.7 Å². The van der Waals surface area contributed by atoms with Crippen LogP contribution in [0.5, 0.6) is 0 Å². The third kappa shape index (κ3) is 36.8. The molecule has 0 saturated heterocycles. The Morgan fingerprint density at radius 1 is 0.706 bits per heavy atom. The summed E-state index contributed by atoms with van der Waals surface area (Å²) in [5.74, 6) is -3.61. The lowest BCUT2D eigenvalue weighted by Crippen LogP contribution is -2.29. The third-order valence-corrected chi connectivity index (χ3v) is 7.27. The van der Waals surface area contributed by atoms with E-state index < -0.39 is 154 Å². The first-order valence-corrected chi connectivity index (χ1v) is 18.3. The Morgan fingerprint density at radius 3 is 1.78 bits per heavy atom. The molecule has 0 spiro atoms. The van der Waals surface area contributed by atoms with Gasteiger partial charge in [0.2, 0.25) is 0 Å². The molecule has 0 bridgehead atoms. The Bertz CT molecular complexity index is 2120. The van der Waals surface area contributed by atoms with Crippen molar-refractivity contribution in [2.24, 2.45) is 0 Å². The van der Waals surface area contributed by atoms with Crippen LogP contribution >= 0.6 is 7.82 Å². The van der Waals surface area contributed by atoms with Gasteiger partial charge in [0.15, 0.2) is 6.10 Å². The van der Waals surface area contributed by atoms with E-state index in [1.54, 1.807) is 0 Å². The van der Waals surface area contributed by atoms with Gasteiger partial charge >= 0.3 is 19.8 Å². The highest BCUT2D eigenvalue weighted by Gasteiger charge is 2.27. The molecule has 0 heterocycles. The first kappa shape index (κ1) is 18.6. The molecule has 0 aliphatic rings. The summed E-state index contributed by atoms with van der Waals surface area (Å²) in [5.41, 5.74) is 0. The van der Waals surface area contributed by atoms with Crippen LogP contribution < -0.4 is 0 Å². The summed E-state index contributed by atoms with van der Waals surface area (Å²) in [5, 5.41) is 18.5. The summed E-state index contributed by atoms with van der Waals surface area (Å²) in [6.07, 6.45) is -58.0. The number of aliphatic hydroxyl groups excluding tert-OH is 2. The number of phosphoric ester groups is 1. The molecule has 3 atom stereocenters. The van der Waals surface area contributed by atoms with Crippen molar-refractivity contribution >= 4 is 19.8 Å². The summed E-state index contributed by atoms with van der Waals surface area (Å²) in [7, 11) is -5.22. The molecule has 0 radical (unpaired) electrons. The van der Waals surface area contributed by atoms with Crippen LogP contribution in [0.4, 0.5) is 0 Å². The van der Waals surface area contributed by atoms with Crippen LogP contribution in [0, 0.1) is 0 Å². The lowest BCUT2D eigenvalue weighted by molar-refractivity contribution is -0.161. The zero-order chi connectivity index (χ0) is 65.3. The number of hydrogen-bond acceptors (Lipinski definition) is 9. The molecule has 10 nitrogen and oxygen atoms in total. The highest BCUT2D eigenvalue weighted by Crippen LogP contribution is 2.43. The molecule has 51 heavy (non-hydrogen) atoms. The van der Waals surface area contributed by atoms with Crippen LogP contribution in [-0.4, -0.2) is 65.7 Å². The summed E-state index contributed by atoms with van der Waals surface area (Å²) in [6, 6.07) is 0. The smallest absolute Gasteiger partial charge is 0.462 e. The van der Waals surface area contributed by atoms with Gasteiger partial charge < -0.3 is 24.6 Å². The molecule has 0 fully saturated rings. The first-order chi connectivity index (χ1) is 36.4. The second kappa shape index (κ2) is 37.0. The highest BCUT2D eigenvalue weighted by atomic mass is 31.2. The molecule has 0 aliphatic heterocycles. The number of carbonyl (C=O) groups is 2. The predicted octanol–water partition coefficient (Wildman–Crippen LogP) is 10.4. The van der Waals surface area contributed by atoms with Crippen LogP contribution in [0.2, 0.25) is 0 Å². The minimum atomic E-state index is -5.26. The van der Waals surface area contributed by atoms with Gasteiger partial charge in [-0.05, 0) is 38.5 Å². The predicted molar refractivity (Wildman–Crippen MR) is 205 cm³/mol. The first-order valence-electron chi connectivity index (χ1n) is 32.3. The number of unbranched alkanes of at least 4 members (excludes halogenated alkanes) is 11. The third-order valence-electron chi connectivity index (χ3n) is 6.32. The van der Waals surface area contributed by atoms with Gasteiger partial charge in [-0.15, -0.1) is 0 Å². The van der Waals surface area contributed by atoms with Crippen LogP contribution in [0.1, 0.15) is 235 Å². The van der Waals surface area contributed by atoms with Crippen LogP contribution in [0.25, 0.3) is 0 Å². The van der Waals surface area contributed by atoms with Crippen molar-refractivity contribution in [2.75, 3.05) is 26.4 Å². The molecule has 11 heteroatoms. The maximum Gasteiger partial charge on any atom is 0.472 e. The Hall–Kier alpha value is -1.29. The quantitative estimate of drug-likeness (QED) is 0.0238. The van der Waals surface area contributed by atoms with E-state index in [0.717, 1.165) is 32.1 Å². The van der Waals surface area contributed by atoms with Gasteiger partial charge in [-0.25, -0.2) is 4.57 Å². The lowest BCUT2D eigenvalue weighted by atomic mass is 10.0. The minimum absolute atomic E-state index is 0.216. The molecule has 302 valence electrons. The van der Waals surface area contributed by atoms with Gasteiger partial charge in [0.1, 0.15) is 12.7 Å². The van der Waals surface area contributed by atoms with E-state index in [1.165, 1.54) is 32.1 Å². The number of allylic oxidation sites excluding steroid dienone is 2. The maximum absolute atomic E-state index is 13.4.